The van der Waals surface area contributed by atoms with E-state index in [0.29, 0.717) is 24.2 Å². The number of carbonyl (C=O) groups excluding carboxylic acids is 4. The van der Waals surface area contributed by atoms with Crippen molar-refractivity contribution >= 4 is 23.6 Å². The van der Waals surface area contributed by atoms with Crippen LogP contribution in [0.1, 0.15) is 56.4 Å². The average Bonchev–Trinajstić information content (AvgIpc) is 2.99. The molecule has 7 heteroatoms. The van der Waals surface area contributed by atoms with Gasteiger partial charge in [0.15, 0.2) is 0 Å². The highest BCUT2D eigenvalue weighted by molar-refractivity contribution is 6.22. The van der Waals surface area contributed by atoms with Crippen molar-refractivity contribution in [2.45, 2.75) is 26.2 Å². The zero-order valence-electron chi connectivity index (χ0n) is 16.9. The van der Waals surface area contributed by atoms with Crippen LogP contribution in [0.5, 0.6) is 0 Å². The molecule has 0 spiro atoms. The van der Waals surface area contributed by atoms with Gasteiger partial charge in [-0.2, -0.15) is 0 Å². The van der Waals surface area contributed by atoms with Crippen molar-refractivity contribution in [2.24, 2.45) is 0 Å². The quantitative estimate of drug-likeness (QED) is 0.492. The van der Waals surface area contributed by atoms with Crippen LogP contribution in [0.4, 0.5) is 0 Å². The second-order valence-electron chi connectivity index (χ2n) is 7.14. The third-order valence-corrected chi connectivity index (χ3v) is 4.91. The Kier molecular flexibility index (Phi) is 6.95. The summed E-state index contributed by atoms with van der Waals surface area (Å²) in [7, 11) is 0. The number of nitrogens with zero attached hydrogens (tertiary/aromatic N) is 1. The van der Waals surface area contributed by atoms with Gasteiger partial charge < -0.3 is 10.6 Å². The first kappa shape index (κ1) is 21.2. The minimum absolute atomic E-state index is 0.121. The molecule has 2 N–H and O–H groups in total. The molecule has 2 aromatic carbocycles. The lowest BCUT2D eigenvalue weighted by atomic mass is 10.1. The van der Waals surface area contributed by atoms with E-state index in [0.717, 1.165) is 18.4 Å². The first-order valence-corrected chi connectivity index (χ1v) is 10.1. The van der Waals surface area contributed by atoms with E-state index in [-0.39, 0.29) is 42.2 Å². The van der Waals surface area contributed by atoms with Crippen molar-refractivity contribution in [1.82, 2.24) is 15.5 Å². The van der Waals surface area contributed by atoms with Crippen LogP contribution < -0.4 is 10.6 Å². The molecule has 0 fully saturated rings. The minimum Gasteiger partial charge on any atom is -0.354 e. The molecule has 1 aliphatic heterocycles. The monoisotopic (exact) mass is 407 g/mol. The second kappa shape index (κ2) is 9.82. The van der Waals surface area contributed by atoms with Gasteiger partial charge in [0.2, 0.25) is 5.91 Å². The number of hydrogen-bond donors (Lipinski definition) is 2. The molecule has 1 heterocycles. The molecule has 0 bridgehead atoms. The maximum atomic E-state index is 12.5. The Morgan fingerprint density at radius 2 is 1.60 bits per heavy atom. The smallest absolute Gasteiger partial charge is 0.261 e. The van der Waals surface area contributed by atoms with Crippen LogP contribution in [0, 0.1) is 0 Å². The van der Waals surface area contributed by atoms with E-state index >= 15 is 0 Å². The van der Waals surface area contributed by atoms with Gasteiger partial charge in [-0.25, -0.2) is 0 Å². The van der Waals surface area contributed by atoms with E-state index < -0.39 is 0 Å². The predicted molar refractivity (Wildman–Crippen MR) is 112 cm³/mol. The van der Waals surface area contributed by atoms with Gasteiger partial charge in [0.25, 0.3) is 17.7 Å². The van der Waals surface area contributed by atoms with Crippen LogP contribution in [-0.4, -0.2) is 48.2 Å². The van der Waals surface area contributed by atoms with E-state index in [9.17, 15) is 19.2 Å². The predicted octanol–water partition coefficient (Wildman–Crippen LogP) is 2.17. The molecule has 0 atom stereocenters. The van der Waals surface area contributed by atoms with Gasteiger partial charge in [-0.3, -0.25) is 24.1 Å². The first-order valence-electron chi connectivity index (χ1n) is 10.1. The summed E-state index contributed by atoms with van der Waals surface area (Å²) in [5, 5.41) is 5.48. The van der Waals surface area contributed by atoms with Gasteiger partial charge in [-0.05, 0) is 30.2 Å². The zero-order chi connectivity index (χ0) is 21.5. The lowest BCUT2D eigenvalue weighted by molar-refractivity contribution is -0.120. The molecule has 30 heavy (non-hydrogen) atoms. The number of unbranched alkanes of at least 4 members (excludes halogenated alkanes) is 1. The maximum Gasteiger partial charge on any atom is 0.261 e. The molecule has 7 nitrogen and oxygen atoms in total. The standard InChI is InChI=1S/C23H25N3O4/c1-2-3-13-26-22(29)18-10-9-17(15-19(18)23(26)30)21(28)25-12-11-24-20(27)14-16-7-5-4-6-8-16/h4-10,15H,2-3,11-14H2,1H3,(H,24,27)(H,25,28). The Hall–Kier alpha value is -3.48. The third-order valence-electron chi connectivity index (χ3n) is 4.91. The largest absolute Gasteiger partial charge is 0.354 e. The fraction of sp³-hybridized carbons (Fsp3) is 0.304. The summed E-state index contributed by atoms with van der Waals surface area (Å²) >= 11 is 0. The molecular weight excluding hydrogens is 382 g/mol. The van der Waals surface area contributed by atoms with Gasteiger partial charge in [-0.1, -0.05) is 43.7 Å². The third kappa shape index (κ3) is 4.92. The Labute approximate surface area is 175 Å². The molecular formula is C23H25N3O4. The molecule has 2 aromatic rings. The Balaban J connectivity index is 1.50. The molecule has 0 aliphatic carbocycles. The lowest BCUT2D eigenvalue weighted by Crippen LogP contribution is -2.35. The highest BCUT2D eigenvalue weighted by Gasteiger charge is 2.35. The van der Waals surface area contributed by atoms with Crippen molar-refractivity contribution < 1.29 is 19.2 Å². The minimum atomic E-state index is -0.359. The van der Waals surface area contributed by atoms with Crippen LogP contribution in [0.3, 0.4) is 0 Å². The van der Waals surface area contributed by atoms with E-state index in [1.807, 2.05) is 37.3 Å². The number of benzene rings is 2. The topological polar surface area (TPSA) is 95.6 Å². The summed E-state index contributed by atoms with van der Waals surface area (Å²) in [5.41, 5.74) is 1.83. The van der Waals surface area contributed by atoms with Gasteiger partial charge in [-0.15, -0.1) is 0 Å². The van der Waals surface area contributed by atoms with Crippen molar-refractivity contribution in [3.63, 3.8) is 0 Å². The van der Waals surface area contributed by atoms with E-state index in [1.165, 1.54) is 23.1 Å². The summed E-state index contributed by atoms with van der Waals surface area (Å²) in [4.78, 5) is 50.4. The van der Waals surface area contributed by atoms with Gasteiger partial charge in [0.1, 0.15) is 0 Å². The molecule has 0 radical (unpaired) electrons. The second-order valence-corrected chi connectivity index (χ2v) is 7.14. The molecule has 1 aliphatic rings. The summed E-state index contributed by atoms with van der Waals surface area (Å²) < 4.78 is 0. The van der Waals surface area contributed by atoms with Gasteiger partial charge >= 0.3 is 0 Å². The van der Waals surface area contributed by atoms with Crippen LogP contribution in [0.25, 0.3) is 0 Å². The van der Waals surface area contributed by atoms with E-state index in [4.69, 9.17) is 0 Å². The van der Waals surface area contributed by atoms with Gasteiger partial charge in [0, 0.05) is 25.2 Å². The highest BCUT2D eigenvalue weighted by atomic mass is 16.2. The molecule has 0 unspecified atom stereocenters. The summed E-state index contributed by atoms with van der Waals surface area (Å²) in [6.45, 7) is 2.92. The molecule has 156 valence electrons. The molecule has 4 amide bonds. The van der Waals surface area contributed by atoms with Crippen molar-refractivity contribution in [2.75, 3.05) is 19.6 Å². The van der Waals surface area contributed by atoms with Crippen molar-refractivity contribution in [1.29, 1.82) is 0 Å². The summed E-state index contributed by atoms with van der Waals surface area (Å²) in [5.74, 6) is -1.14. The molecule has 0 saturated heterocycles. The molecule has 0 aromatic heterocycles. The Morgan fingerprint density at radius 1 is 0.900 bits per heavy atom. The summed E-state index contributed by atoms with van der Waals surface area (Å²) in [6.07, 6.45) is 1.90. The zero-order valence-corrected chi connectivity index (χ0v) is 16.9. The highest BCUT2D eigenvalue weighted by Crippen LogP contribution is 2.24. The number of hydrogen-bond acceptors (Lipinski definition) is 4. The number of nitrogens with one attached hydrogen (secondary N) is 2. The van der Waals surface area contributed by atoms with E-state index in [1.54, 1.807) is 0 Å². The number of carbonyl (C=O) groups is 4. The van der Waals surface area contributed by atoms with Crippen LogP contribution >= 0.6 is 0 Å². The lowest BCUT2D eigenvalue weighted by Gasteiger charge is -2.12. The van der Waals surface area contributed by atoms with E-state index in [2.05, 4.69) is 10.6 Å². The van der Waals surface area contributed by atoms with Crippen LogP contribution in [0.2, 0.25) is 0 Å². The van der Waals surface area contributed by atoms with Crippen molar-refractivity contribution in [3.05, 3.63) is 70.8 Å². The SMILES string of the molecule is CCCCN1C(=O)c2ccc(C(=O)NCCNC(=O)Cc3ccccc3)cc2C1=O. The van der Waals surface area contributed by atoms with Crippen molar-refractivity contribution in [3.8, 4) is 0 Å². The van der Waals surface area contributed by atoms with Crippen LogP contribution in [0.15, 0.2) is 48.5 Å². The maximum absolute atomic E-state index is 12.5. The van der Waals surface area contributed by atoms with Crippen LogP contribution in [-0.2, 0) is 11.2 Å². The number of imide groups is 1. The Morgan fingerprint density at radius 3 is 2.33 bits per heavy atom. The normalized spacial score (nSPS) is 12.6. The fourth-order valence-electron chi connectivity index (χ4n) is 3.28. The number of fused-ring (bicyclic) bond motifs is 1. The molecule has 3 rings (SSSR count). The fourth-order valence-corrected chi connectivity index (χ4v) is 3.28. The Bertz CT molecular complexity index is 956. The van der Waals surface area contributed by atoms with Gasteiger partial charge in [0.05, 0.1) is 17.5 Å². The number of rotatable bonds is 9. The number of amides is 4. The average molecular weight is 407 g/mol. The summed E-state index contributed by atoms with van der Waals surface area (Å²) in [6, 6.07) is 13.9. The molecule has 0 saturated carbocycles. The first-order chi connectivity index (χ1) is 14.5.